The number of aliphatic carboxylic acids is 1. The molecule has 0 radical (unpaired) electrons. The minimum atomic E-state index is -0.977. The first kappa shape index (κ1) is 24.3. The smallest absolute Gasteiger partial charge is 0.303 e. The first-order valence-electron chi connectivity index (χ1n) is 9.98. The number of ether oxygens (including phenoxy) is 1. The summed E-state index contributed by atoms with van der Waals surface area (Å²) >= 11 is 0. The molecule has 6 heteroatoms. The van der Waals surface area contributed by atoms with Crippen LogP contribution in [0.5, 0.6) is 0 Å². The zero-order chi connectivity index (χ0) is 20.8. The fourth-order valence-electron chi connectivity index (χ4n) is 2.87. The Hall–Kier alpha value is -1.73. The van der Waals surface area contributed by atoms with Gasteiger partial charge in [0.1, 0.15) is 0 Å². The summed E-state index contributed by atoms with van der Waals surface area (Å²) in [5.41, 5.74) is 0. The Labute approximate surface area is 167 Å². The maximum absolute atomic E-state index is 10.5. The van der Waals surface area contributed by atoms with Crippen LogP contribution in [0.1, 0.15) is 51.9 Å². The van der Waals surface area contributed by atoms with E-state index >= 15 is 0 Å². The molecule has 0 aromatic rings. The molecule has 0 unspecified atom stereocenters. The van der Waals surface area contributed by atoms with E-state index in [1.165, 1.54) is 12.2 Å². The predicted molar refractivity (Wildman–Crippen MR) is 109 cm³/mol. The normalized spacial score (nSPS) is 25.5. The highest BCUT2D eigenvalue weighted by Crippen LogP contribution is 2.26. The third-order valence-corrected chi connectivity index (χ3v) is 4.47. The molecule has 1 heterocycles. The quantitative estimate of drug-likeness (QED) is 0.358. The number of carboxylic acid groups (broad SMARTS) is 1. The summed E-state index contributed by atoms with van der Waals surface area (Å²) in [4.78, 5) is 10.5. The number of aliphatic hydroxyl groups is 3. The van der Waals surface area contributed by atoms with Gasteiger partial charge in [-0.15, -0.1) is 0 Å². The Morgan fingerprint density at radius 3 is 2.36 bits per heavy atom. The van der Waals surface area contributed by atoms with Crippen molar-refractivity contribution < 1.29 is 30.0 Å². The molecule has 1 fully saturated rings. The molecule has 1 saturated heterocycles. The average molecular weight is 395 g/mol. The average Bonchev–Trinajstić information content (AvgIpc) is 3.03. The van der Waals surface area contributed by atoms with E-state index in [1.807, 2.05) is 12.2 Å². The molecule has 0 aromatic carbocycles. The first-order chi connectivity index (χ1) is 13.4. The number of carbonyl (C=O) groups is 1. The van der Waals surface area contributed by atoms with Crippen LogP contribution in [-0.2, 0) is 9.53 Å². The lowest BCUT2D eigenvalue weighted by molar-refractivity contribution is -0.137. The van der Waals surface area contributed by atoms with Gasteiger partial charge in [0.15, 0.2) is 0 Å². The first-order valence-corrected chi connectivity index (χ1v) is 9.98. The third kappa shape index (κ3) is 10.6. The van der Waals surface area contributed by atoms with Crippen molar-refractivity contribution in [2.75, 3.05) is 0 Å². The number of hydrogen-bond acceptors (Lipinski definition) is 5. The molecular formula is C22H34O6. The lowest BCUT2D eigenvalue weighted by Gasteiger charge is -2.16. The van der Waals surface area contributed by atoms with Crippen molar-refractivity contribution in [1.29, 1.82) is 0 Å². The summed E-state index contributed by atoms with van der Waals surface area (Å²) in [5.74, 6) is -0.977. The second-order valence-corrected chi connectivity index (χ2v) is 6.92. The molecule has 0 aliphatic carbocycles. The van der Waals surface area contributed by atoms with Crippen LogP contribution < -0.4 is 0 Å². The standard InChI is InChI=1S/C22H34O6/c1-2-3-4-5-6-7-8-9-10-11-20-19(25)16-21(28-20)18(24)14-12-17(23)13-15-22(26)27/h3-4,6-7,9-10,12,14,17-21,23-25H,2,5,8,11,13,15-16H2,1H3,(H,26,27)/b4-3-,7-6-,10-9-,14-12+/t17-,18-,19-,20-,21-/m0/s1. The monoisotopic (exact) mass is 394 g/mol. The Bertz CT molecular complexity index is 551. The van der Waals surface area contributed by atoms with Crippen molar-refractivity contribution in [2.45, 2.75) is 82.4 Å². The minimum absolute atomic E-state index is 0.0868. The summed E-state index contributed by atoms with van der Waals surface area (Å²) in [6.45, 7) is 2.11. The van der Waals surface area contributed by atoms with Gasteiger partial charge in [0.25, 0.3) is 0 Å². The number of carboxylic acids is 1. The number of allylic oxidation sites excluding steroid dienone is 5. The van der Waals surface area contributed by atoms with Crippen molar-refractivity contribution in [3.63, 3.8) is 0 Å². The SMILES string of the molecule is CC/C=C\C/C=C\C/C=C\C[C@@H]1O[C@H]([C@@H](O)/C=C/[C@H](O)CCC(=O)O)C[C@@H]1O. The second kappa shape index (κ2) is 14.3. The van der Waals surface area contributed by atoms with Gasteiger partial charge in [-0.25, -0.2) is 0 Å². The Kier molecular flexibility index (Phi) is 12.4. The van der Waals surface area contributed by atoms with Crippen LogP contribution in [0.25, 0.3) is 0 Å². The highest BCUT2D eigenvalue weighted by atomic mass is 16.5. The number of hydrogen-bond donors (Lipinski definition) is 4. The van der Waals surface area contributed by atoms with Gasteiger partial charge in [-0.05, 0) is 32.1 Å². The van der Waals surface area contributed by atoms with Crippen molar-refractivity contribution in [2.24, 2.45) is 0 Å². The van der Waals surface area contributed by atoms with Gasteiger partial charge in [0, 0.05) is 12.8 Å². The minimum Gasteiger partial charge on any atom is -0.481 e. The summed E-state index contributed by atoms with van der Waals surface area (Å²) < 4.78 is 5.73. The van der Waals surface area contributed by atoms with Gasteiger partial charge >= 0.3 is 5.97 Å². The Morgan fingerprint density at radius 2 is 1.71 bits per heavy atom. The molecule has 28 heavy (non-hydrogen) atoms. The molecule has 1 aliphatic rings. The predicted octanol–water partition coefficient (Wildman–Crippen LogP) is 2.90. The maximum atomic E-state index is 10.5. The van der Waals surface area contributed by atoms with E-state index in [0.717, 1.165) is 19.3 Å². The molecular weight excluding hydrogens is 360 g/mol. The van der Waals surface area contributed by atoms with Crippen molar-refractivity contribution in [3.05, 3.63) is 48.6 Å². The lowest BCUT2D eigenvalue weighted by atomic mass is 10.0. The maximum Gasteiger partial charge on any atom is 0.303 e. The van der Waals surface area contributed by atoms with E-state index in [2.05, 4.69) is 31.2 Å². The molecule has 4 N–H and O–H groups in total. The highest BCUT2D eigenvalue weighted by Gasteiger charge is 2.36. The van der Waals surface area contributed by atoms with Gasteiger partial charge in [0.05, 0.1) is 30.5 Å². The molecule has 0 spiro atoms. The molecule has 6 nitrogen and oxygen atoms in total. The van der Waals surface area contributed by atoms with Crippen LogP contribution in [0.2, 0.25) is 0 Å². The fourth-order valence-corrected chi connectivity index (χ4v) is 2.87. The topological polar surface area (TPSA) is 107 Å². The molecule has 1 aliphatic heterocycles. The van der Waals surface area contributed by atoms with E-state index in [1.54, 1.807) is 0 Å². The number of aliphatic hydroxyl groups excluding tert-OH is 3. The molecule has 0 amide bonds. The van der Waals surface area contributed by atoms with Crippen LogP contribution in [0.15, 0.2) is 48.6 Å². The van der Waals surface area contributed by atoms with Crippen LogP contribution in [0.3, 0.4) is 0 Å². The summed E-state index contributed by atoms with van der Waals surface area (Å²) in [6.07, 6.45) is 15.5. The zero-order valence-corrected chi connectivity index (χ0v) is 16.6. The van der Waals surface area contributed by atoms with Crippen LogP contribution in [0, 0.1) is 0 Å². The summed E-state index contributed by atoms with van der Waals surface area (Å²) in [6, 6.07) is 0. The van der Waals surface area contributed by atoms with Gasteiger partial charge in [-0.3, -0.25) is 4.79 Å². The highest BCUT2D eigenvalue weighted by molar-refractivity contribution is 5.66. The van der Waals surface area contributed by atoms with Gasteiger partial charge in [0.2, 0.25) is 0 Å². The molecule has 158 valence electrons. The largest absolute Gasteiger partial charge is 0.481 e. The van der Waals surface area contributed by atoms with Gasteiger partial charge < -0.3 is 25.2 Å². The van der Waals surface area contributed by atoms with E-state index in [4.69, 9.17) is 9.84 Å². The molecule has 1 rings (SSSR count). The Balaban J connectivity index is 2.32. The summed E-state index contributed by atoms with van der Waals surface area (Å²) in [7, 11) is 0. The van der Waals surface area contributed by atoms with Crippen molar-refractivity contribution in [1.82, 2.24) is 0 Å². The molecule has 5 atom stereocenters. The van der Waals surface area contributed by atoms with Gasteiger partial charge in [-0.2, -0.15) is 0 Å². The number of rotatable bonds is 13. The zero-order valence-electron chi connectivity index (χ0n) is 16.6. The molecule has 0 aromatic heterocycles. The molecule has 0 bridgehead atoms. The summed E-state index contributed by atoms with van der Waals surface area (Å²) in [5, 5.41) is 38.5. The second-order valence-electron chi connectivity index (χ2n) is 6.92. The lowest BCUT2D eigenvalue weighted by Crippen LogP contribution is -2.24. The van der Waals surface area contributed by atoms with Crippen molar-refractivity contribution >= 4 is 5.97 Å². The van der Waals surface area contributed by atoms with E-state index < -0.39 is 30.4 Å². The van der Waals surface area contributed by atoms with Crippen LogP contribution in [0.4, 0.5) is 0 Å². The Morgan fingerprint density at radius 1 is 1.07 bits per heavy atom. The van der Waals surface area contributed by atoms with Crippen molar-refractivity contribution in [3.8, 4) is 0 Å². The van der Waals surface area contributed by atoms with E-state index in [0.29, 0.717) is 12.8 Å². The molecule has 0 saturated carbocycles. The fraction of sp³-hybridized carbons (Fsp3) is 0.591. The third-order valence-electron chi connectivity index (χ3n) is 4.47. The van der Waals surface area contributed by atoms with Gasteiger partial charge in [-0.1, -0.05) is 55.5 Å². The van der Waals surface area contributed by atoms with Crippen LogP contribution >= 0.6 is 0 Å². The van der Waals surface area contributed by atoms with E-state index in [-0.39, 0.29) is 18.9 Å². The van der Waals surface area contributed by atoms with Crippen LogP contribution in [-0.4, -0.2) is 56.9 Å². The van der Waals surface area contributed by atoms with E-state index in [9.17, 15) is 20.1 Å².